The molecule has 1 aliphatic heterocycles. The Balaban J connectivity index is 3.16. The molecule has 1 fully saturated rings. The molecular formula is C12H38N4Si6. The molecule has 1 aliphatic rings. The van der Waals surface area contributed by atoms with E-state index in [2.05, 4.69) is 95.7 Å². The lowest BCUT2D eigenvalue weighted by molar-refractivity contribution is 0.642. The Morgan fingerprint density at radius 1 is 0.500 bits per heavy atom. The highest BCUT2D eigenvalue weighted by molar-refractivity contribution is 7.11. The minimum Gasteiger partial charge on any atom is -0.336 e. The summed E-state index contributed by atoms with van der Waals surface area (Å²) in [6.07, 6.45) is 0. The fourth-order valence-corrected chi connectivity index (χ4v) is 29.4. The lowest BCUT2D eigenvalue weighted by Gasteiger charge is -2.65. The first kappa shape index (κ1) is 21.2. The quantitative estimate of drug-likeness (QED) is 0.663. The summed E-state index contributed by atoms with van der Waals surface area (Å²) in [5, 5.41) is 0. The van der Waals surface area contributed by atoms with E-state index in [4.69, 9.17) is 0 Å². The SMILES string of the molecule is C[Si](C)(C)N[Si]1N([Si](C)(C)C)[Si](N[Si](C)(C)C)N1[Si](C)(C)C. The summed E-state index contributed by atoms with van der Waals surface area (Å²) in [6, 6.07) is 0. The Hall–Kier alpha value is 1.14. The summed E-state index contributed by atoms with van der Waals surface area (Å²) in [7, 11) is -6.54. The first-order valence-electron chi connectivity index (χ1n) is 8.34. The Kier molecular flexibility index (Phi) is 6.22. The summed E-state index contributed by atoms with van der Waals surface area (Å²) >= 11 is 0. The van der Waals surface area contributed by atoms with Gasteiger partial charge < -0.3 is 17.1 Å². The molecular weight excluding hydrogens is 369 g/mol. The third-order valence-corrected chi connectivity index (χ3v) is 28.5. The Bertz CT molecular complexity index is 346. The van der Waals surface area contributed by atoms with Gasteiger partial charge in [0.25, 0.3) is 18.6 Å². The van der Waals surface area contributed by atoms with Crippen LogP contribution in [-0.4, -0.2) is 59.3 Å². The molecule has 0 unspecified atom stereocenters. The van der Waals surface area contributed by atoms with Crippen molar-refractivity contribution in [2.45, 2.75) is 78.6 Å². The molecule has 1 saturated heterocycles. The van der Waals surface area contributed by atoms with E-state index in [1.54, 1.807) is 0 Å². The lowest BCUT2D eigenvalue weighted by atomic mass is 11.8. The summed E-state index contributed by atoms with van der Waals surface area (Å²) < 4.78 is 14.3. The Morgan fingerprint density at radius 3 is 0.864 bits per heavy atom. The molecule has 4 nitrogen and oxygen atoms in total. The Morgan fingerprint density at radius 2 is 0.727 bits per heavy atom. The van der Waals surface area contributed by atoms with Crippen LogP contribution < -0.4 is 9.30 Å². The van der Waals surface area contributed by atoms with Crippen molar-refractivity contribution >= 4 is 51.5 Å². The van der Waals surface area contributed by atoms with Crippen molar-refractivity contribution in [1.29, 1.82) is 0 Å². The zero-order valence-corrected chi connectivity index (χ0v) is 22.9. The van der Waals surface area contributed by atoms with E-state index in [-0.39, 0.29) is 0 Å². The topological polar surface area (TPSA) is 30.5 Å². The van der Waals surface area contributed by atoms with Crippen molar-refractivity contribution in [2.24, 2.45) is 0 Å². The standard InChI is InChI=1S/C12H38N4Si6/c1-19(2,3)13-17-15(21(7,8)9)18(14-20(4,5)6)16(17)22(10,11)12/h13-14H,1-12H3. The zero-order valence-electron chi connectivity index (χ0n) is 16.9. The molecule has 0 aromatic heterocycles. The summed E-state index contributed by atoms with van der Waals surface area (Å²) in [4.78, 5) is 0. The van der Waals surface area contributed by atoms with Crippen LogP contribution >= 0.6 is 0 Å². The maximum absolute atomic E-state index is 4.15. The molecule has 2 N–H and O–H groups in total. The van der Waals surface area contributed by atoms with Gasteiger partial charge in [-0.1, -0.05) is 78.6 Å². The Labute approximate surface area is 147 Å². The monoisotopic (exact) mass is 406 g/mol. The van der Waals surface area contributed by atoms with Crippen LogP contribution in [0, 0.1) is 0 Å². The summed E-state index contributed by atoms with van der Waals surface area (Å²) in [5.41, 5.74) is 0. The summed E-state index contributed by atoms with van der Waals surface area (Å²) in [5.74, 6) is 0. The van der Waals surface area contributed by atoms with Crippen molar-refractivity contribution in [3.05, 3.63) is 0 Å². The van der Waals surface area contributed by atoms with Crippen LogP contribution in [0.1, 0.15) is 0 Å². The third-order valence-electron chi connectivity index (χ3n) is 3.16. The van der Waals surface area contributed by atoms with Gasteiger partial charge in [0.05, 0.1) is 0 Å². The van der Waals surface area contributed by atoms with Crippen molar-refractivity contribution in [3.8, 4) is 0 Å². The minimum absolute atomic E-state index is 0.710. The molecule has 130 valence electrons. The molecule has 22 heavy (non-hydrogen) atoms. The largest absolute Gasteiger partial charge is 0.336 e. The van der Waals surface area contributed by atoms with Crippen molar-refractivity contribution in [3.63, 3.8) is 0 Å². The van der Waals surface area contributed by atoms with Crippen molar-refractivity contribution in [1.82, 2.24) is 17.1 Å². The van der Waals surface area contributed by atoms with Gasteiger partial charge in [-0.05, 0) is 0 Å². The highest BCUT2D eigenvalue weighted by atomic mass is 28.5. The number of nitrogens with zero attached hydrogens (tertiary/aromatic N) is 2. The number of nitrogens with one attached hydrogen (secondary N) is 2. The summed E-state index contributed by atoms with van der Waals surface area (Å²) in [6.45, 7) is 29.9. The van der Waals surface area contributed by atoms with Crippen molar-refractivity contribution < 1.29 is 0 Å². The number of hydrogen-bond acceptors (Lipinski definition) is 4. The molecule has 2 radical (unpaired) electrons. The molecule has 0 bridgehead atoms. The number of rotatable bonds is 6. The second-order valence-corrected chi connectivity index (χ2v) is 36.8. The van der Waals surface area contributed by atoms with Gasteiger partial charge in [-0.2, -0.15) is 0 Å². The molecule has 0 saturated carbocycles. The van der Waals surface area contributed by atoms with E-state index in [1.165, 1.54) is 0 Å². The first-order valence-corrected chi connectivity index (χ1v) is 25.0. The van der Waals surface area contributed by atoms with Crippen LogP contribution in [0.15, 0.2) is 0 Å². The molecule has 1 heterocycles. The van der Waals surface area contributed by atoms with E-state index in [9.17, 15) is 0 Å². The normalized spacial score (nSPS) is 21.3. The molecule has 0 atom stereocenters. The molecule has 1 rings (SSSR count). The predicted octanol–water partition coefficient (Wildman–Crippen LogP) is 3.09. The highest BCUT2D eigenvalue weighted by Crippen LogP contribution is 2.31. The van der Waals surface area contributed by atoms with Crippen LogP contribution in [0.4, 0.5) is 0 Å². The van der Waals surface area contributed by atoms with E-state index in [1.807, 2.05) is 0 Å². The zero-order chi connectivity index (χ0) is 17.7. The lowest BCUT2D eigenvalue weighted by Crippen LogP contribution is -2.96. The van der Waals surface area contributed by atoms with Gasteiger partial charge in [0.1, 0.15) is 32.9 Å². The number of hydrogen-bond donors (Lipinski definition) is 2. The third kappa shape index (κ3) is 5.60. The first-order chi connectivity index (χ1) is 9.43. The molecule has 0 spiro atoms. The smallest absolute Gasteiger partial charge is 0.292 e. The second-order valence-electron chi connectivity index (χ2n) is 10.4. The fourth-order valence-electron chi connectivity index (χ4n) is 2.52. The predicted molar refractivity (Wildman–Crippen MR) is 115 cm³/mol. The molecule has 0 aromatic carbocycles. The average molecular weight is 407 g/mol. The average Bonchev–Trinajstić information content (AvgIpc) is 2.04. The van der Waals surface area contributed by atoms with Crippen molar-refractivity contribution in [2.75, 3.05) is 0 Å². The van der Waals surface area contributed by atoms with E-state index >= 15 is 0 Å². The molecule has 0 aliphatic carbocycles. The fraction of sp³-hybridized carbons (Fsp3) is 1.00. The maximum Gasteiger partial charge on any atom is 0.292 e. The van der Waals surface area contributed by atoms with Gasteiger partial charge in [-0.25, -0.2) is 0 Å². The van der Waals surface area contributed by atoms with Crippen LogP contribution in [0.5, 0.6) is 0 Å². The maximum atomic E-state index is 4.15. The second kappa shape index (κ2) is 6.46. The van der Waals surface area contributed by atoms with E-state index in [0.29, 0.717) is 0 Å². The molecule has 0 aromatic rings. The van der Waals surface area contributed by atoms with Crippen LogP contribution in [0.3, 0.4) is 0 Å². The van der Waals surface area contributed by atoms with Gasteiger partial charge in [0, 0.05) is 0 Å². The van der Waals surface area contributed by atoms with Gasteiger partial charge in [0.2, 0.25) is 0 Å². The minimum atomic E-state index is -1.30. The molecule has 10 heteroatoms. The van der Waals surface area contributed by atoms with Crippen LogP contribution in [-0.2, 0) is 0 Å². The van der Waals surface area contributed by atoms with Crippen LogP contribution in [0.25, 0.3) is 0 Å². The van der Waals surface area contributed by atoms with Gasteiger partial charge >= 0.3 is 0 Å². The van der Waals surface area contributed by atoms with Gasteiger partial charge in [-0.15, -0.1) is 0 Å². The molecule has 0 amide bonds. The van der Waals surface area contributed by atoms with E-state index in [0.717, 1.165) is 0 Å². The van der Waals surface area contributed by atoms with Gasteiger partial charge in [-0.3, -0.25) is 0 Å². The van der Waals surface area contributed by atoms with E-state index < -0.39 is 51.5 Å². The van der Waals surface area contributed by atoms with Gasteiger partial charge in [0.15, 0.2) is 0 Å². The highest BCUT2D eigenvalue weighted by Gasteiger charge is 2.60. The van der Waals surface area contributed by atoms with Crippen LogP contribution in [0.2, 0.25) is 78.6 Å².